The molecule has 1 aromatic carbocycles. The number of rotatable bonds is 3. The molecule has 2 aromatic rings. The number of piperidine rings is 1. The van der Waals surface area contributed by atoms with E-state index >= 15 is 0 Å². The first-order valence-corrected chi connectivity index (χ1v) is 7.82. The van der Waals surface area contributed by atoms with Crippen molar-refractivity contribution in [1.82, 2.24) is 24.6 Å². The maximum absolute atomic E-state index is 12.5. The molecule has 1 aromatic heterocycles. The van der Waals surface area contributed by atoms with Gasteiger partial charge in [-0.05, 0) is 31.4 Å². The summed E-state index contributed by atoms with van der Waals surface area (Å²) >= 11 is 0. The summed E-state index contributed by atoms with van der Waals surface area (Å²) in [7, 11) is 0. The molecule has 0 radical (unpaired) electrons. The van der Waals surface area contributed by atoms with Crippen LogP contribution >= 0.6 is 0 Å². The normalized spacial score (nSPS) is 21.0. The van der Waals surface area contributed by atoms with Crippen LogP contribution in [0.5, 0.6) is 0 Å². The summed E-state index contributed by atoms with van der Waals surface area (Å²) in [6.07, 6.45) is 4.31. The smallest absolute Gasteiger partial charge is 0.312 e. The molecule has 2 aliphatic rings. The Morgan fingerprint density at radius 1 is 1.13 bits per heavy atom. The minimum atomic E-state index is -0.288. The van der Waals surface area contributed by atoms with Gasteiger partial charge in [-0.25, -0.2) is 4.79 Å². The third-order valence-electron chi connectivity index (χ3n) is 4.48. The maximum Gasteiger partial charge on any atom is 0.327 e. The number of aromatic nitrogens is 3. The number of hydrogen-bond acceptors (Lipinski definition) is 4. The van der Waals surface area contributed by atoms with Crippen LogP contribution in [0, 0.1) is 0 Å². The molecule has 3 heterocycles. The van der Waals surface area contributed by atoms with Crippen molar-refractivity contribution in [2.45, 2.75) is 31.8 Å². The van der Waals surface area contributed by atoms with Crippen molar-refractivity contribution >= 4 is 11.9 Å². The lowest BCUT2D eigenvalue weighted by atomic mass is 10.0. The standard InChI is InChI=1S/C16H17N5O2/c22-15-13-8-4-5-9-19(13)16(23)20(15)10-14-18-17-11-21(14)12-6-2-1-3-7-12/h1-3,6-7,11,13H,4-5,8-10H2/t13-/m0/s1. The Hall–Kier alpha value is -2.70. The summed E-state index contributed by atoms with van der Waals surface area (Å²) in [5, 5.41) is 8.02. The molecular formula is C16H17N5O2. The van der Waals surface area contributed by atoms with Crippen LogP contribution in [0.15, 0.2) is 36.7 Å². The number of imide groups is 1. The van der Waals surface area contributed by atoms with Crippen LogP contribution in [0.4, 0.5) is 4.79 Å². The quantitative estimate of drug-likeness (QED) is 0.807. The number of carbonyl (C=O) groups is 2. The van der Waals surface area contributed by atoms with Crippen LogP contribution in [0.1, 0.15) is 25.1 Å². The first-order chi connectivity index (χ1) is 11.3. The molecule has 0 bridgehead atoms. The fraction of sp³-hybridized carbons (Fsp3) is 0.375. The van der Waals surface area contributed by atoms with Crippen LogP contribution in [0.3, 0.4) is 0 Å². The Balaban J connectivity index is 1.61. The molecule has 0 unspecified atom stereocenters. The molecule has 3 amide bonds. The van der Waals surface area contributed by atoms with Crippen LogP contribution in [0.25, 0.3) is 5.69 Å². The molecule has 7 nitrogen and oxygen atoms in total. The van der Waals surface area contributed by atoms with Gasteiger partial charge in [-0.15, -0.1) is 10.2 Å². The number of amides is 3. The Kier molecular flexibility index (Phi) is 3.33. The molecule has 2 fully saturated rings. The van der Waals surface area contributed by atoms with Gasteiger partial charge in [-0.2, -0.15) is 0 Å². The molecular weight excluding hydrogens is 294 g/mol. The first-order valence-electron chi connectivity index (χ1n) is 7.82. The minimum Gasteiger partial charge on any atom is -0.312 e. The van der Waals surface area contributed by atoms with Gasteiger partial charge in [0.1, 0.15) is 12.4 Å². The molecule has 1 atom stereocenters. The molecule has 0 spiro atoms. The van der Waals surface area contributed by atoms with Gasteiger partial charge in [0, 0.05) is 12.2 Å². The highest BCUT2D eigenvalue weighted by Crippen LogP contribution is 2.27. The molecule has 23 heavy (non-hydrogen) atoms. The van der Waals surface area contributed by atoms with Gasteiger partial charge in [-0.3, -0.25) is 14.3 Å². The Morgan fingerprint density at radius 3 is 2.74 bits per heavy atom. The first kappa shape index (κ1) is 13.9. The molecule has 2 aliphatic heterocycles. The average Bonchev–Trinajstić information content (AvgIpc) is 3.15. The highest BCUT2D eigenvalue weighted by atomic mass is 16.2. The lowest BCUT2D eigenvalue weighted by Gasteiger charge is -2.26. The highest BCUT2D eigenvalue weighted by molar-refractivity contribution is 6.04. The van der Waals surface area contributed by atoms with Gasteiger partial charge in [0.15, 0.2) is 5.82 Å². The van der Waals surface area contributed by atoms with Crippen LogP contribution in [-0.2, 0) is 11.3 Å². The Bertz CT molecular complexity index is 718. The third kappa shape index (κ3) is 2.28. The van der Waals surface area contributed by atoms with Gasteiger partial charge in [0.25, 0.3) is 5.91 Å². The second-order valence-corrected chi connectivity index (χ2v) is 5.86. The predicted molar refractivity (Wildman–Crippen MR) is 81.7 cm³/mol. The lowest BCUT2D eigenvalue weighted by Crippen LogP contribution is -2.39. The summed E-state index contributed by atoms with van der Waals surface area (Å²) in [5.41, 5.74) is 0.907. The molecule has 4 rings (SSSR count). The van der Waals surface area contributed by atoms with Crippen molar-refractivity contribution in [2.75, 3.05) is 6.54 Å². The van der Waals surface area contributed by atoms with Crippen LogP contribution in [-0.4, -0.2) is 49.1 Å². The third-order valence-corrected chi connectivity index (χ3v) is 4.48. The molecule has 0 N–H and O–H groups in total. The van der Waals surface area contributed by atoms with Crippen LogP contribution in [0.2, 0.25) is 0 Å². The van der Waals surface area contributed by atoms with Crippen molar-refractivity contribution in [2.24, 2.45) is 0 Å². The summed E-state index contributed by atoms with van der Waals surface area (Å²) in [6.45, 7) is 0.816. The summed E-state index contributed by atoms with van der Waals surface area (Å²) in [5.74, 6) is 0.468. The minimum absolute atomic E-state index is 0.114. The summed E-state index contributed by atoms with van der Waals surface area (Å²) in [6, 6.07) is 9.15. The number of hydrogen-bond donors (Lipinski definition) is 0. The van der Waals surface area contributed by atoms with E-state index in [0.29, 0.717) is 12.4 Å². The van der Waals surface area contributed by atoms with Crippen molar-refractivity contribution < 1.29 is 9.59 Å². The molecule has 2 saturated heterocycles. The highest BCUT2D eigenvalue weighted by Gasteiger charge is 2.46. The van der Waals surface area contributed by atoms with Crippen molar-refractivity contribution in [1.29, 1.82) is 0 Å². The van der Waals surface area contributed by atoms with Gasteiger partial charge >= 0.3 is 6.03 Å². The van der Waals surface area contributed by atoms with Gasteiger partial charge in [0.05, 0.1) is 6.54 Å². The number of nitrogens with zero attached hydrogens (tertiary/aromatic N) is 5. The van der Waals surface area contributed by atoms with E-state index in [9.17, 15) is 9.59 Å². The summed E-state index contributed by atoms with van der Waals surface area (Å²) in [4.78, 5) is 28.0. The second kappa shape index (κ2) is 5.49. The Morgan fingerprint density at radius 2 is 1.96 bits per heavy atom. The van der Waals surface area contributed by atoms with E-state index in [1.807, 2.05) is 30.3 Å². The summed E-state index contributed by atoms with van der Waals surface area (Å²) < 4.78 is 1.80. The number of urea groups is 1. The molecule has 7 heteroatoms. The molecule has 0 saturated carbocycles. The largest absolute Gasteiger partial charge is 0.327 e. The van der Waals surface area contributed by atoms with Crippen molar-refractivity contribution in [3.63, 3.8) is 0 Å². The zero-order chi connectivity index (χ0) is 15.8. The van der Waals surface area contributed by atoms with Gasteiger partial charge in [0.2, 0.25) is 0 Å². The van der Waals surface area contributed by atoms with E-state index in [4.69, 9.17) is 0 Å². The SMILES string of the molecule is O=C1[C@@H]2CCCCN2C(=O)N1Cc1nncn1-c1ccccc1. The zero-order valence-electron chi connectivity index (χ0n) is 12.6. The lowest BCUT2D eigenvalue weighted by molar-refractivity contribution is -0.129. The average molecular weight is 311 g/mol. The topological polar surface area (TPSA) is 71.3 Å². The number of benzene rings is 1. The number of fused-ring (bicyclic) bond motifs is 1. The van der Waals surface area contributed by atoms with E-state index in [0.717, 1.165) is 24.9 Å². The van der Waals surface area contributed by atoms with E-state index in [2.05, 4.69) is 10.2 Å². The monoisotopic (exact) mass is 311 g/mol. The van der Waals surface area contributed by atoms with E-state index in [1.54, 1.807) is 15.8 Å². The fourth-order valence-electron chi connectivity index (χ4n) is 3.30. The maximum atomic E-state index is 12.5. The van der Waals surface area contributed by atoms with Crippen molar-refractivity contribution in [3.05, 3.63) is 42.5 Å². The van der Waals surface area contributed by atoms with Gasteiger partial charge in [-0.1, -0.05) is 18.2 Å². The van der Waals surface area contributed by atoms with Crippen LogP contribution < -0.4 is 0 Å². The molecule has 118 valence electrons. The van der Waals surface area contributed by atoms with E-state index < -0.39 is 0 Å². The van der Waals surface area contributed by atoms with E-state index in [1.165, 1.54) is 4.90 Å². The predicted octanol–water partition coefficient (Wildman–Crippen LogP) is 1.58. The fourth-order valence-corrected chi connectivity index (χ4v) is 3.30. The zero-order valence-corrected chi connectivity index (χ0v) is 12.6. The number of para-hydroxylation sites is 1. The Labute approximate surface area is 133 Å². The number of carbonyl (C=O) groups excluding carboxylic acids is 2. The van der Waals surface area contributed by atoms with Crippen molar-refractivity contribution in [3.8, 4) is 5.69 Å². The van der Waals surface area contributed by atoms with Gasteiger partial charge < -0.3 is 4.90 Å². The van der Waals surface area contributed by atoms with E-state index in [-0.39, 0.29) is 24.5 Å². The second-order valence-electron chi connectivity index (χ2n) is 5.86. The molecule has 0 aliphatic carbocycles.